The summed E-state index contributed by atoms with van der Waals surface area (Å²) in [6, 6.07) is 32.0. The minimum Gasteiger partial charge on any atom is -0.650 e. The molecule has 126 heavy (non-hydrogen) atoms. The van der Waals surface area contributed by atoms with Crippen LogP contribution in [0.2, 0.25) is 0 Å². The van der Waals surface area contributed by atoms with Crippen LogP contribution in [-0.4, -0.2) is 169 Å². The molecule has 0 aromatic carbocycles. The van der Waals surface area contributed by atoms with Crippen molar-refractivity contribution < 1.29 is 52.5 Å². The van der Waals surface area contributed by atoms with Gasteiger partial charge in [-0.3, -0.25) is 19.9 Å². The average molecular weight is 2110 g/mol. The van der Waals surface area contributed by atoms with Crippen molar-refractivity contribution in [3.8, 4) is 0 Å². The molecule has 0 saturated heterocycles. The van der Waals surface area contributed by atoms with Crippen molar-refractivity contribution in [3.63, 3.8) is 0 Å². The molecule has 14 aliphatic rings. The van der Waals surface area contributed by atoms with Crippen LogP contribution < -0.4 is 74.4 Å². The molecule has 0 amide bonds. The van der Waals surface area contributed by atoms with E-state index >= 15 is 0 Å². The largest absolute Gasteiger partial charge is 0.650 e. The van der Waals surface area contributed by atoms with Gasteiger partial charge in [0.1, 0.15) is 0 Å². The Labute approximate surface area is 831 Å². The van der Waals surface area contributed by atoms with Crippen molar-refractivity contribution in [2.75, 3.05) is 52.4 Å². The fourth-order valence-corrected chi connectivity index (χ4v) is 22.5. The van der Waals surface area contributed by atoms with Gasteiger partial charge in [-0.1, -0.05) is 178 Å². The zero-order valence-electron chi connectivity index (χ0n) is 74.9. The van der Waals surface area contributed by atoms with E-state index < -0.39 is 0 Å². The Morgan fingerprint density at radius 3 is 0.786 bits per heavy atom. The number of hydrogen-bond acceptors (Lipinski definition) is 18. The third kappa shape index (κ3) is 37.3. The summed E-state index contributed by atoms with van der Waals surface area (Å²) in [7, 11) is 38.4. The summed E-state index contributed by atoms with van der Waals surface area (Å²) < 4.78 is 0. The smallest absolute Gasteiger partial charge is 0.0545 e. The van der Waals surface area contributed by atoms with Gasteiger partial charge in [0.2, 0.25) is 0 Å². The topological polar surface area (TPSA) is 248 Å². The van der Waals surface area contributed by atoms with Gasteiger partial charge < -0.3 is 85.1 Å². The van der Waals surface area contributed by atoms with Gasteiger partial charge in [0.05, 0.1) is 34.2 Å². The first-order valence-corrected chi connectivity index (χ1v) is 61.1. The van der Waals surface area contributed by atoms with E-state index in [1.807, 2.05) is 0 Å². The summed E-state index contributed by atoms with van der Waals surface area (Å²) >= 11 is 0.0278. The van der Waals surface area contributed by atoms with Crippen LogP contribution in [0.25, 0.3) is 10.6 Å². The predicted molar refractivity (Wildman–Crippen MR) is 525 cm³/mol. The van der Waals surface area contributed by atoms with Gasteiger partial charge >= 0.3 is 133 Å². The second-order valence-corrected chi connectivity index (χ2v) is 44.8. The maximum absolute atomic E-state index is 5.51. The van der Waals surface area contributed by atoms with E-state index in [1.165, 1.54) is 301 Å². The molecule has 0 radical (unpaired) electrons. The number of nitrogens with one attached hydrogen (secondary N) is 14. The van der Waals surface area contributed by atoms with Crippen molar-refractivity contribution in [1.82, 2.24) is 94.4 Å². The first kappa shape index (κ1) is 111. The SMILES string of the molecule is C[C@@H]1N[C@@H]2CCCC[C@H]2NCCN[C@@H]2CCCC[C@H]2N[C@@H](C)c2cccc1n2.S.S.[Cl][Mn][Cl].[Cl][Mn][Cl].[Cl][Mn][Cl].[Cl][Mn][Cl].c1c2c3nc4c1CCC[C@@H]4[N-][C@@H]1CCCC[C@H]1NCCN[C@@H]1CCCC[C@H]1[N-][C@H]3CCC2.c1cc2nc(c1)CN[C@@H]1CCCC[C@H]1NCCN[C@@H]1CCCC[C@H]1NC2.c1cc2nc(c1)CN[C@H]1CCCC[C@@H]1NCCN[C@H]1CCCC[C@@H]1NC2. The molecule has 8 heterocycles. The predicted octanol–water partition coefficient (Wildman–Crippen LogP) is 18.5. The summed E-state index contributed by atoms with van der Waals surface area (Å²) in [5, 5.41) is 64.8. The van der Waals surface area contributed by atoms with E-state index in [-0.39, 0.29) is 91.6 Å². The normalized spacial score (nSPS) is 32.7. The number of aryl methyl sites for hydroxylation is 2. The molecule has 20 nitrogen and oxygen atoms in total. The van der Waals surface area contributed by atoms with E-state index in [9.17, 15) is 0 Å². The Morgan fingerprint density at radius 1 is 0.270 bits per heavy atom. The molecule has 0 spiro atoms. The first-order chi connectivity index (χ1) is 61.0. The molecule has 4 aromatic rings. The molecule has 10 aliphatic carbocycles. The maximum Gasteiger partial charge on any atom is 0.0545 e. The van der Waals surface area contributed by atoms with Gasteiger partial charge in [0, 0.05) is 175 Å². The summed E-state index contributed by atoms with van der Waals surface area (Å²) in [5.41, 5.74) is 12.6. The number of hydrogen-bond donors (Lipinski definition) is 14. The number of rotatable bonds is 0. The van der Waals surface area contributed by atoms with Gasteiger partial charge in [0.15, 0.2) is 0 Å². The summed E-state index contributed by atoms with van der Waals surface area (Å²) in [6.45, 7) is 16.5. The zero-order valence-corrected chi connectivity index (χ0v) is 87.7. The third-order valence-corrected chi connectivity index (χ3v) is 28.8. The average Bonchev–Trinajstić information content (AvgIpc) is 0.861. The molecule has 4 aliphatic heterocycles. The fraction of sp³-hybridized carbons (Fsp3) is 0.783. The molecule has 18 rings (SSSR count). The molecular weight excluding hydrogens is 1950 g/mol. The number of fused-ring (bicyclic) bond motifs is 14. The van der Waals surface area contributed by atoms with Gasteiger partial charge in [-0.05, 0) is 176 Å². The maximum atomic E-state index is 5.51. The zero-order chi connectivity index (χ0) is 86.7. The standard InChI is InChI=1S/C27H41N5.C23H39N5.2C21H35N5.8ClH.4Mn.2H2S/c1-3-11-22-20(9-1)28-15-16-29-21-10-2-4-12-23(21)31-25-14-6-8-19-17-18-7-5-13-24(30-22)26(18)32-27(19)25;1-16-18-12-7-13-19(28-18)17(2)27-23-11-6-4-9-21(23)25-15-14-24-20-8-3-5-10-22(20)26-16;2*1-3-10-20-18(8-1)22-12-13-23-19-9-2-4-11-21(19)25-15-17-7-5-6-16(26-17)14-24-20;;;;;;;;;;;;;;/h17,20-25,28-29H,1-16H2;7,12-13,16-17,20-27H,3-6,8-11,14-15H2,1-2H3;2*5-7,18-25H,1-4,8-15H2;8*1H;;;;;2*1H2/q-2;;;;;;;;;;;;4*+2;;/p-8/t20-,21-,22-,23-,24+,25+;16-,17-,20+,21+,22+,23+;2*18-,19-,20-,21-;;;;;;;;;;;;;;/m1010............../s1. The molecular formula is C92H154Cl8Mn4N20S2-2. The summed E-state index contributed by atoms with van der Waals surface area (Å²) in [6.07, 6.45) is 49.1. The number of aromatic nitrogens is 4. The van der Waals surface area contributed by atoms with E-state index in [1.54, 1.807) is 0 Å². The molecule has 8 saturated carbocycles. The summed E-state index contributed by atoms with van der Waals surface area (Å²) in [4.78, 5) is 20.3. The van der Waals surface area contributed by atoms with Crippen LogP contribution in [0.15, 0.2) is 60.7 Å². The van der Waals surface area contributed by atoms with Crippen LogP contribution in [0.3, 0.4) is 0 Å². The number of pyridine rings is 4. The number of nitrogens with zero attached hydrogens (tertiary/aromatic N) is 6. The van der Waals surface area contributed by atoms with Gasteiger partial charge in [-0.25, -0.2) is 0 Å². The molecule has 8 bridgehead atoms. The van der Waals surface area contributed by atoms with Gasteiger partial charge in [-0.2, -0.15) is 27.0 Å². The van der Waals surface area contributed by atoms with Crippen molar-refractivity contribution in [1.29, 1.82) is 0 Å². The Kier molecular flexibility index (Phi) is 56.5. The third-order valence-electron chi connectivity index (χ3n) is 28.8. The van der Waals surface area contributed by atoms with Crippen LogP contribution in [0, 0.1) is 0 Å². The fourth-order valence-electron chi connectivity index (χ4n) is 22.5. The van der Waals surface area contributed by atoms with Crippen LogP contribution in [0.4, 0.5) is 0 Å². The monoisotopic (exact) mass is 2100 g/mol. The molecule has 14 N–H and O–H groups in total. The van der Waals surface area contributed by atoms with E-state index in [0.29, 0.717) is 109 Å². The van der Waals surface area contributed by atoms with Gasteiger partial charge in [0.25, 0.3) is 0 Å². The number of halogens is 8. The molecule has 8 fully saturated rings. The molecule has 4 aromatic heterocycles. The van der Waals surface area contributed by atoms with Crippen molar-refractivity contribution in [3.05, 3.63) is 128 Å². The first-order valence-electron chi connectivity index (χ1n) is 48.1. The van der Waals surface area contributed by atoms with Crippen LogP contribution in [-0.2, 0) is 91.6 Å². The van der Waals surface area contributed by atoms with Crippen molar-refractivity contribution in [2.45, 2.75) is 405 Å². The quantitative estimate of drug-likeness (QED) is 0.0731. The Hall–Kier alpha value is 1.06. The van der Waals surface area contributed by atoms with E-state index in [4.69, 9.17) is 111 Å². The van der Waals surface area contributed by atoms with Gasteiger partial charge in [-0.15, -0.1) is 12.1 Å². The second-order valence-electron chi connectivity index (χ2n) is 37.0. The Morgan fingerprint density at radius 2 is 0.500 bits per heavy atom. The molecule has 20 atom stereocenters. The van der Waals surface area contributed by atoms with E-state index in [0.717, 1.165) is 78.5 Å². The van der Waals surface area contributed by atoms with Crippen LogP contribution >= 0.6 is 108 Å². The minimum atomic E-state index is 0. The molecule has 0 unspecified atom stereocenters. The van der Waals surface area contributed by atoms with Crippen LogP contribution in [0.1, 0.15) is 326 Å². The minimum absolute atomic E-state index is 0. The Bertz CT molecular complexity index is 3260. The van der Waals surface area contributed by atoms with Crippen LogP contribution in [0.5, 0.6) is 0 Å². The van der Waals surface area contributed by atoms with Crippen molar-refractivity contribution in [2.24, 2.45) is 0 Å². The Balaban J connectivity index is 0.000000182. The van der Waals surface area contributed by atoms with Crippen molar-refractivity contribution >= 4 is 108 Å². The summed E-state index contributed by atoms with van der Waals surface area (Å²) in [5.74, 6) is 0. The van der Waals surface area contributed by atoms with E-state index in [2.05, 4.69) is 149 Å². The molecule has 720 valence electrons. The molecule has 34 heteroatoms. The second kappa shape index (κ2) is 64.3.